The molecule has 2 aromatic carbocycles. The molecule has 1 amide bonds. The number of benzene rings is 2. The SMILES string of the molecule is COc1ccc(-c2noc(CNC(=O)CCCN(c3ccccc3F)S(C)(=O)=O)n2)cc1. The number of hydrogen-bond acceptors (Lipinski definition) is 7. The minimum atomic E-state index is -3.70. The lowest BCUT2D eigenvalue weighted by atomic mass is 10.2. The van der Waals surface area contributed by atoms with E-state index in [0.29, 0.717) is 11.6 Å². The zero-order valence-corrected chi connectivity index (χ0v) is 18.4. The molecule has 1 aromatic heterocycles. The topological polar surface area (TPSA) is 115 Å². The number of amides is 1. The minimum Gasteiger partial charge on any atom is -0.497 e. The summed E-state index contributed by atoms with van der Waals surface area (Å²) in [6, 6.07) is 12.7. The number of methoxy groups -OCH3 is 1. The monoisotopic (exact) mass is 462 g/mol. The van der Waals surface area contributed by atoms with Crippen molar-refractivity contribution < 1.29 is 26.9 Å². The van der Waals surface area contributed by atoms with Gasteiger partial charge in [-0.2, -0.15) is 4.98 Å². The highest BCUT2D eigenvalue weighted by molar-refractivity contribution is 7.92. The second-order valence-corrected chi connectivity index (χ2v) is 8.81. The van der Waals surface area contributed by atoms with Crippen molar-refractivity contribution in [2.75, 3.05) is 24.2 Å². The lowest BCUT2D eigenvalue weighted by molar-refractivity contribution is -0.121. The van der Waals surface area contributed by atoms with Gasteiger partial charge in [-0.25, -0.2) is 12.8 Å². The van der Waals surface area contributed by atoms with Crippen LogP contribution in [0.4, 0.5) is 10.1 Å². The van der Waals surface area contributed by atoms with Crippen LogP contribution >= 0.6 is 0 Å². The highest BCUT2D eigenvalue weighted by Crippen LogP contribution is 2.22. The number of sulfonamides is 1. The Bertz CT molecular complexity index is 1160. The Morgan fingerprint density at radius 1 is 1.19 bits per heavy atom. The Labute approximate surface area is 185 Å². The molecular weight excluding hydrogens is 439 g/mol. The molecule has 0 spiro atoms. The minimum absolute atomic E-state index is 0.0324. The summed E-state index contributed by atoms with van der Waals surface area (Å²) < 4.78 is 49.3. The molecule has 0 fully saturated rings. The maximum absolute atomic E-state index is 14.0. The molecule has 0 saturated carbocycles. The molecule has 9 nitrogen and oxygen atoms in total. The molecule has 0 bridgehead atoms. The Morgan fingerprint density at radius 3 is 2.56 bits per heavy atom. The van der Waals surface area contributed by atoms with E-state index < -0.39 is 15.8 Å². The zero-order chi connectivity index (χ0) is 23.1. The van der Waals surface area contributed by atoms with E-state index in [2.05, 4.69) is 15.5 Å². The van der Waals surface area contributed by atoms with Crippen LogP contribution in [0, 0.1) is 5.82 Å². The van der Waals surface area contributed by atoms with Crippen molar-refractivity contribution in [3.63, 3.8) is 0 Å². The van der Waals surface area contributed by atoms with Crippen molar-refractivity contribution in [1.82, 2.24) is 15.5 Å². The fourth-order valence-electron chi connectivity index (χ4n) is 2.95. The lowest BCUT2D eigenvalue weighted by Gasteiger charge is -2.22. The number of carbonyl (C=O) groups excluding carboxylic acids is 1. The van der Waals surface area contributed by atoms with Crippen LogP contribution in [0.1, 0.15) is 18.7 Å². The van der Waals surface area contributed by atoms with Crippen LogP contribution in [0.15, 0.2) is 53.1 Å². The van der Waals surface area contributed by atoms with Crippen molar-refractivity contribution in [2.45, 2.75) is 19.4 Å². The first kappa shape index (κ1) is 23.2. The molecule has 3 aromatic rings. The van der Waals surface area contributed by atoms with Gasteiger partial charge in [-0.3, -0.25) is 9.10 Å². The van der Waals surface area contributed by atoms with Gasteiger partial charge in [0.15, 0.2) is 0 Å². The third-order valence-electron chi connectivity index (χ3n) is 4.54. The van der Waals surface area contributed by atoms with E-state index >= 15 is 0 Å². The molecular formula is C21H23FN4O5S. The first-order chi connectivity index (χ1) is 15.3. The summed E-state index contributed by atoms with van der Waals surface area (Å²) in [6.07, 6.45) is 1.24. The van der Waals surface area contributed by atoms with Gasteiger partial charge in [0.1, 0.15) is 11.6 Å². The van der Waals surface area contributed by atoms with Crippen molar-refractivity contribution in [1.29, 1.82) is 0 Å². The number of ether oxygens (including phenoxy) is 1. The second-order valence-electron chi connectivity index (χ2n) is 6.91. The maximum Gasteiger partial charge on any atom is 0.246 e. The number of nitrogens with zero attached hydrogens (tertiary/aromatic N) is 3. The molecule has 0 aliphatic rings. The normalized spacial score (nSPS) is 11.2. The number of rotatable bonds is 10. The van der Waals surface area contributed by atoms with E-state index in [-0.39, 0.29) is 43.4 Å². The molecule has 170 valence electrons. The average Bonchev–Trinajstić information content (AvgIpc) is 3.24. The van der Waals surface area contributed by atoms with Gasteiger partial charge in [-0.05, 0) is 42.8 Å². The van der Waals surface area contributed by atoms with Crippen LogP contribution in [0.2, 0.25) is 0 Å². The van der Waals surface area contributed by atoms with E-state index in [9.17, 15) is 17.6 Å². The Morgan fingerprint density at radius 2 is 1.91 bits per heavy atom. The maximum atomic E-state index is 14.0. The van der Waals surface area contributed by atoms with E-state index in [0.717, 1.165) is 16.1 Å². The number of para-hydroxylation sites is 1. The fourth-order valence-corrected chi connectivity index (χ4v) is 3.91. The summed E-state index contributed by atoms with van der Waals surface area (Å²) in [4.78, 5) is 16.4. The Hall–Kier alpha value is -3.47. The molecule has 1 heterocycles. The van der Waals surface area contributed by atoms with Crippen LogP contribution in [0.25, 0.3) is 11.4 Å². The molecule has 3 rings (SSSR count). The summed E-state index contributed by atoms with van der Waals surface area (Å²) in [5.41, 5.74) is 0.688. The molecule has 0 aliphatic heterocycles. The highest BCUT2D eigenvalue weighted by atomic mass is 32.2. The van der Waals surface area contributed by atoms with Crippen molar-refractivity contribution in [3.8, 4) is 17.1 Å². The van der Waals surface area contributed by atoms with Crippen LogP contribution in [-0.2, 0) is 21.4 Å². The van der Waals surface area contributed by atoms with Gasteiger partial charge in [0.25, 0.3) is 0 Å². The summed E-state index contributed by atoms with van der Waals surface area (Å²) in [5, 5.41) is 6.54. The fraction of sp³-hybridized carbons (Fsp3) is 0.286. The molecule has 0 aliphatic carbocycles. The molecule has 1 N–H and O–H groups in total. The summed E-state index contributed by atoms with van der Waals surface area (Å²) in [5.74, 6) is 0.343. The number of halogens is 1. The number of nitrogens with one attached hydrogen (secondary N) is 1. The average molecular weight is 463 g/mol. The summed E-state index contributed by atoms with van der Waals surface area (Å²) in [6.45, 7) is 0.000450. The molecule has 0 radical (unpaired) electrons. The number of carbonyl (C=O) groups is 1. The third-order valence-corrected chi connectivity index (χ3v) is 5.72. The van der Waals surface area contributed by atoms with Gasteiger partial charge in [-0.1, -0.05) is 17.3 Å². The lowest BCUT2D eigenvalue weighted by Crippen LogP contribution is -2.32. The molecule has 0 atom stereocenters. The van der Waals surface area contributed by atoms with Crippen molar-refractivity contribution in [2.24, 2.45) is 0 Å². The van der Waals surface area contributed by atoms with E-state index in [4.69, 9.17) is 9.26 Å². The van der Waals surface area contributed by atoms with E-state index in [1.807, 2.05) is 0 Å². The largest absolute Gasteiger partial charge is 0.497 e. The zero-order valence-electron chi connectivity index (χ0n) is 17.6. The highest BCUT2D eigenvalue weighted by Gasteiger charge is 2.20. The van der Waals surface area contributed by atoms with Crippen molar-refractivity contribution in [3.05, 3.63) is 60.2 Å². The predicted octanol–water partition coefficient (Wildman–Crippen LogP) is 2.75. The van der Waals surface area contributed by atoms with Gasteiger partial charge in [0.05, 0.1) is 25.6 Å². The summed E-state index contributed by atoms with van der Waals surface area (Å²) in [7, 11) is -2.13. The predicted molar refractivity (Wildman–Crippen MR) is 116 cm³/mol. The van der Waals surface area contributed by atoms with Gasteiger partial charge in [-0.15, -0.1) is 0 Å². The van der Waals surface area contributed by atoms with Crippen LogP contribution in [-0.4, -0.2) is 44.4 Å². The Kier molecular flexibility index (Phi) is 7.41. The smallest absolute Gasteiger partial charge is 0.246 e. The standard InChI is InChI=1S/C21H23FN4O5S/c1-30-16-11-9-15(10-12-16)21-24-20(31-25-21)14-23-19(27)8-5-13-26(32(2,28)29)18-7-4-3-6-17(18)22/h3-4,6-7,9-12H,5,8,13-14H2,1-2H3,(H,23,27). The number of hydrogen-bond donors (Lipinski definition) is 1. The summed E-state index contributed by atoms with van der Waals surface area (Å²) >= 11 is 0. The molecule has 11 heteroatoms. The van der Waals surface area contributed by atoms with Crippen LogP contribution < -0.4 is 14.4 Å². The molecule has 0 unspecified atom stereocenters. The van der Waals surface area contributed by atoms with Gasteiger partial charge in [0.2, 0.25) is 27.6 Å². The van der Waals surface area contributed by atoms with Crippen LogP contribution in [0.3, 0.4) is 0 Å². The number of aromatic nitrogens is 2. The third kappa shape index (κ3) is 6.03. The number of anilines is 1. The van der Waals surface area contributed by atoms with E-state index in [1.54, 1.807) is 37.4 Å². The Balaban J connectivity index is 1.51. The second kappa shape index (κ2) is 10.2. The van der Waals surface area contributed by atoms with E-state index in [1.165, 1.54) is 18.2 Å². The van der Waals surface area contributed by atoms with Crippen LogP contribution in [0.5, 0.6) is 5.75 Å². The first-order valence-electron chi connectivity index (χ1n) is 9.74. The quantitative estimate of drug-likeness (QED) is 0.493. The van der Waals surface area contributed by atoms with Gasteiger partial charge < -0.3 is 14.6 Å². The van der Waals surface area contributed by atoms with Gasteiger partial charge in [0, 0.05) is 18.5 Å². The first-order valence-corrected chi connectivity index (χ1v) is 11.6. The van der Waals surface area contributed by atoms with Gasteiger partial charge >= 0.3 is 0 Å². The van der Waals surface area contributed by atoms with Crippen molar-refractivity contribution >= 4 is 21.6 Å². The molecule has 32 heavy (non-hydrogen) atoms. The molecule has 0 saturated heterocycles.